The summed E-state index contributed by atoms with van der Waals surface area (Å²) in [4.78, 5) is 23.4. The average molecular weight is 305 g/mol. The van der Waals surface area contributed by atoms with Crippen molar-refractivity contribution in [2.45, 2.75) is 26.2 Å². The Hall–Kier alpha value is -2.28. The highest BCUT2D eigenvalue weighted by Crippen LogP contribution is 2.21. The number of anilines is 1. The van der Waals surface area contributed by atoms with Gasteiger partial charge >= 0.3 is 5.97 Å². The number of nitrogens with zero attached hydrogens (tertiary/aromatic N) is 2. The van der Waals surface area contributed by atoms with Crippen LogP contribution in [0.4, 0.5) is 5.69 Å². The third-order valence-corrected chi connectivity index (χ3v) is 3.55. The largest absolute Gasteiger partial charge is 0.481 e. The Bertz CT molecular complexity index is 667. The molecule has 0 unspecified atom stereocenters. The number of nitrogens with one attached hydrogen (secondary N) is 1. The van der Waals surface area contributed by atoms with Gasteiger partial charge in [0.15, 0.2) is 0 Å². The van der Waals surface area contributed by atoms with Crippen LogP contribution in [-0.4, -0.2) is 26.6 Å². The van der Waals surface area contributed by atoms with Crippen molar-refractivity contribution in [1.82, 2.24) is 9.59 Å². The first-order valence-corrected chi connectivity index (χ1v) is 7.19. The molecule has 1 aromatic carbocycles. The van der Waals surface area contributed by atoms with Crippen molar-refractivity contribution in [3.8, 4) is 0 Å². The van der Waals surface area contributed by atoms with Gasteiger partial charge in [-0.05, 0) is 35.1 Å². The number of carbonyl (C=O) groups is 2. The maximum absolute atomic E-state index is 12.2. The minimum Gasteiger partial charge on any atom is -0.481 e. The zero-order valence-corrected chi connectivity index (χ0v) is 12.5. The third kappa shape index (κ3) is 3.85. The Kier molecular flexibility index (Phi) is 4.64. The Morgan fingerprint density at radius 2 is 2.14 bits per heavy atom. The number of hydrogen-bond acceptors (Lipinski definition) is 5. The van der Waals surface area contributed by atoms with E-state index in [4.69, 9.17) is 5.11 Å². The van der Waals surface area contributed by atoms with Crippen LogP contribution in [0.3, 0.4) is 0 Å². The number of aromatic nitrogens is 2. The molecule has 0 saturated heterocycles. The molecule has 0 saturated carbocycles. The lowest BCUT2D eigenvalue weighted by Crippen LogP contribution is -2.13. The minimum absolute atomic E-state index is 0.0803. The highest BCUT2D eigenvalue weighted by molar-refractivity contribution is 7.08. The zero-order chi connectivity index (χ0) is 15.4. The van der Waals surface area contributed by atoms with Crippen LogP contribution in [0.25, 0.3) is 0 Å². The van der Waals surface area contributed by atoms with Gasteiger partial charge in [-0.15, -0.1) is 5.10 Å². The second-order valence-electron chi connectivity index (χ2n) is 4.87. The van der Waals surface area contributed by atoms with Gasteiger partial charge in [0, 0.05) is 5.69 Å². The molecule has 110 valence electrons. The van der Waals surface area contributed by atoms with Gasteiger partial charge in [0.25, 0.3) is 5.91 Å². The number of amides is 1. The second kappa shape index (κ2) is 6.45. The zero-order valence-electron chi connectivity index (χ0n) is 11.7. The summed E-state index contributed by atoms with van der Waals surface area (Å²) in [6, 6.07) is 6.78. The highest BCUT2D eigenvalue weighted by atomic mass is 32.1. The predicted molar refractivity (Wildman–Crippen MR) is 79.7 cm³/mol. The molecule has 0 aliphatic carbocycles. The molecule has 21 heavy (non-hydrogen) atoms. The van der Waals surface area contributed by atoms with Crippen LogP contribution in [0.5, 0.6) is 0 Å². The molecule has 7 heteroatoms. The van der Waals surface area contributed by atoms with E-state index in [1.807, 2.05) is 13.8 Å². The molecule has 2 rings (SSSR count). The van der Waals surface area contributed by atoms with E-state index in [2.05, 4.69) is 14.9 Å². The van der Waals surface area contributed by atoms with Gasteiger partial charge in [0.1, 0.15) is 4.88 Å². The SMILES string of the molecule is CC(C)c1nnsc1C(=O)Nc1cccc(CC(=O)O)c1. The lowest BCUT2D eigenvalue weighted by atomic mass is 10.1. The van der Waals surface area contributed by atoms with E-state index >= 15 is 0 Å². The number of carboxylic acids is 1. The highest BCUT2D eigenvalue weighted by Gasteiger charge is 2.18. The maximum atomic E-state index is 12.2. The van der Waals surface area contributed by atoms with Crippen LogP contribution in [0.1, 0.15) is 40.7 Å². The van der Waals surface area contributed by atoms with E-state index in [1.54, 1.807) is 24.3 Å². The van der Waals surface area contributed by atoms with Gasteiger partial charge in [-0.2, -0.15) is 0 Å². The minimum atomic E-state index is -0.910. The summed E-state index contributed by atoms with van der Waals surface area (Å²) in [5.74, 6) is -1.07. The van der Waals surface area contributed by atoms with Crippen molar-refractivity contribution in [3.63, 3.8) is 0 Å². The molecule has 2 aromatic rings. The second-order valence-corrected chi connectivity index (χ2v) is 5.62. The Morgan fingerprint density at radius 1 is 1.38 bits per heavy atom. The average Bonchev–Trinajstić information content (AvgIpc) is 2.87. The lowest BCUT2D eigenvalue weighted by molar-refractivity contribution is -0.136. The smallest absolute Gasteiger partial charge is 0.307 e. The summed E-state index contributed by atoms with van der Waals surface area (Å²) < 4.78 is 3.82. The van der Waals surface area contributed by atoms with Gasteiger partial charge in [0.05, 0.1) is 12.1 Å². The summed E-state index contributed by atoms with van der Waals surface area (Å²) in [6.45, 7) is 3.89. The van der Waals surface area contributed by atoms with Gasteiger partial charge in [-0.1, -0.05) is 30.5 Å². The van der Waals surface area contributed by atoms with Crippen molar-refractivity contribution >= 4 is 29.1 Å². The van der Waals surface area contributed by atoms with Crippen LogP contribution in [0.2, 0.25) is 0 Å². The summed E-state index contributed by atoms with van der Waals surface area (Å²) >= 11 is 1.05. The van der Waals surface area contributed by atoms with Gasteiger partial charge in [0.2, 0.25) is 0 Å². The molecule has 1 aromatic heterocycles. The maximum Gasteiger partial charge on any atom is 0.307 e. The van der Waals surface area contributed by atoms with Crippen LogP contribution >= 0.6 is 11.5 Å². The first kappa shape index (κ1) is 15.1. The number of carboxylic acid groups (broad SMARTS) is 1. The quantitative estimate of drug-likeness (QED) is 0.885. The molecule has 0 aliphatic rings. The molecule has 1 amide bonds. The van der Waals surface area contributed by atoms with Crippen LogP contribution < -0.4 is 5.32 Å². The normalized spacial score (nSPS) is 10.6. The monoisotopic (exact) mass is 305 g/mol. The first-order valence-electron chi connectivity index (χ1n) is 6.41. The Balaban J connectivity index is 2.16. The van der Waals surface area contributed by atoms with Crippen LogP contribution in [0.15, 0.2) is 24.3 Å². The summed E-state index contributed by atoms with van der Waals surface area (Å²) in [5, 5.41) is 15.5. The fourth-order valence-corrected chi connectivity index (χ4v) is 2.57. The molecule has 6 nitrogen and oxygen atoms in total. The standard InChI is InChI=1S/C14H15N3O3S/c1-8(2)12-13(21-17-16-12)14(20)15-10-5-3-4-9(6-10)7-11(18)19/h3-6,8H,7H2,1-2H3,(H,15,20)(H,18,19). The van der Waals surface area contributed by atoms with Crippen molar-refractivity contribution < 1.29 is 14.7 Å². The van der Waals surface area contributed by atoms with Crippen molar-refractivity contribution in [2.24, 2.45) is 0 Å². The lowest BCUT2D eigenvalue weighted by Gasteiger charge is -2.07. The van der Waals surface area contributed by atoms with Crippen LogP contribution in [0, 0.1) is 0 Å². The van der Waals surface area contributed by atoms with E-state index in [-0.39, 0.29) is 18.2 Å². The molecular weight excluding hydrogens is 290 g/mol. The van der Waals surface area contributed by atoms with E-state index in [9.17, 15) is 9.59 Å². The first-order chi connectivity index (χ1) is 9.97. The molecule has 0 fully saturated rings. The van der Waals surface area contributed by atoms with Crippen molar-refractivity contribution in [2.75, 3.05) is 5.32 Å². The summed E-state index contributed by atoms with van der Waals surface area (Å²) in [6.07, 6.45) is -0.0803. The molecule has 0 spiro atoms. The Morgan fingerprint density at radius 3 is 2.81 bits per heavy atom. The van der Waals surface area contributed by atoms with E-state index in [0.717, 1.165) is 11.5 Å². The van der Waals surface area contributed by atoms with E-state index in [1.165, 1.54) is 0 Å². The van der Waals surface area contributed by atoms with E-state index in [0.29, 0.717) is 21.8 Å². The van der Waals surface area contributed by atoms with Gasteiger partial charge in [-0.3, -0.25) is 9.59 Å². The van der Waals surface area contributed by atoms with Crippen molar-refractivity contribution in [1.29, 1.82) is 0 Å². The molecule has 1 heterocycles. The summed E-state index contributed by atoms with van der Waals surface area (Å²) in [5.41, 5.74) is 1.85. The van der Waals surface area contributed by atoms with Crippen LogP contribution in [-0.2, 0) is 11.2 Å². The number of rotatable bonds is 5. The van der Waals surface area contributed by atoms with Crippen molar-refractivity contribution in [3.05, 3.63) is 40.4 Å². The third-order valence-electron chi connectivity index (χ3n) is 2.81. The topological polar surface area (TPSA) is 92.2 Å². The number of hydrogen-bond donors (Lipinski definition) is 2. The number of aliphatic carboxylic acids is 1. The molecule has 0 bridgehead atoms. The summed E-state index contributed by atoms with van der Waals surface area (Å²) in [7, 11) is 0. The molecule has 2 N–H and O–H groups in total. The van der Waals surface area contributed by atoms with Gasteiger partial charge < -0.3 is 10.4 Å². The van der Waals surface area contributed by atoms with E-state index < -0.39 is 5.97 Å². The predicted octanol–water partition coefficient (Wildman–Crippen LogP) is 2.54. The molecule has 0 aliphatic heterocycles. The fraction of sp³-hybridized carbons (Fsp3) is 0.286. The Labute approximate surface area is 126 Å². The number of benzene rings is 1. The molecular formula is C14H15N3O3S. The molecule has 0 radical (unpaired) electrons. The fourth-order valence-electron chi connectivity index (χ4n) is 1.85. The number of carbonyl (C=O) groups excluding carboxylic acids is 1. The van der Waals surface area contributed by atoms with Gasteiger partial charge in [-0.25, -0.2) is 0 Å². The molecule has 0 atom stereocenters.